The minimum Gasteiger partial charge on any atom is -0.353 e. The van der Waals surface area contributed by atoms with Crippen molar-refractivity contribution in [2.24, 2.45) is 0 Å². The Bertz CT molecular complexity index is 587. The quantitative estimate of drug-likeness (QED) is 0.720. The van der Waals surface area contributed by atoms with Gasteiger partial charge in [-0.1, -0.05) is 0 Å². The molecule has 1 amide bonds. The molecular formula is C12H16FN3O3S. The zero-order valence-electron chi connectivity index (χ0n) is 10.8. The van der Waals surface area contributed by atoms with E-state index in [9.17, 15) is 17.6 Å². The largest absolute Gasteiger partial charge is 0.353 e. The number of hydrogen-bond acceptors (Lipinski definition) is 4. The molecule has 1 aromatic heterocycles. The maximum absolute atomic E-state index is 13.3. The van der Waals surface area contributed by atoms with E-state index in [1.54, 1.807) is 0 Å². The van der Waals surface area contributed by atoms with Gasteiger partial charge in [0, 0.05) is 25.2 Å². The average Bonchev–Trinajstić information content (AvgIpc) is 3.19. The van der Waals surface area contributed by atoms with E-state index in [4.69, 9.17) is 0 Å². The standard InChI is InChI=1S/C12H16FN3O3S/c13-10-3-1-7-14-12(10)20(18,19)15-8-2-4-11(17)16-9-5-6-9/h1,3,7,9,15H,2,4-6,8H2,(H,16,17). The van der Waals surface area contributed by atoms with Gasteiger partial charge >= 0.3 is 0 Å². The zero-order valence-corrected chi connectivity index (χ0v) is 11.6. The first-order valence-corrected chi connectivity index (χ1v) is 7.87. The molecule has 1 saturated carbocycles. The Morgan fingerprint density at radius 3 is 2.85 bits per heavy atom. The molecule has 0 radical (unpaired) electrons. The lowest BCUT2D eigenvalue weighted by Gasteiger charge is -2.06. The Hall–Kier alpha value is -1.54. The minimum absolute atomic E-state index is 0.0659. The molecule has 1 fully saturated rings. The van der Waals surface area contributed by atoms with Crippen LogP contribution >= 0.6 is 0 Å². The molecule has 8 heteroatoms. The summed E-state index contributed by atoms with van der Waals surface area (Å²) in [5, 5.41) is 2.18. The van der Waals surface area contributed by atoms with Crippen molar-refractivity contribution in [2.45, 2.75) is 36.8 Å². The molecule has 1 aliphatic rings. The number of aromatic nitrogens is 1. The van der Waals surface area contributed by atoms with Crippen LogP contribution in [0.3, 0.4) is 0 Å². The first-order chi connectivity index (χ1) is 9.49. The molecule has 0 aromatic carbocycles. The topological polar surface area (TPSA) is 88.2 Å². The van der Waals surface area contributed by atoms with Gasteiger partial charge in [0.15, 0.2) is 5.82 Å². The third-order valence-electron chi connectivity index (χ3n) is 2.79. The minimum atomic E-state index is -3.97. The van der Waals surface area contributed by atoms with Gasteiger partial charge < -0.3 is 5.32 Å². The van der Waals surface area contributed by atoms with Crippen molar-refractivity contribution in [1.29, 1.82) is 0 Å². The molecule has 0 unspecified atom stereocenters. The number of nitrogens with zero attached hydrogens (tertiary/aromatic N) is 1. The van der Waals surface area contributed by atoms with Crippen LogP contribution in [-0.4, -0.2) is 31.9 Å². The Labute approximate surface area is 116 Å². The van der Waals surface area contributed by atoms with Crippen LogP contribution in [0.15, 0.2) is 23.4 Å². The average molecular weight is 301 g/mol. The van der Waals surface area contributed by atoms with Crippen LogP contribution in [0.2, 0.25) is 0 Å². The van der Waals surface area contributed by atoms with Gasteiger partial charge in [-0.15, -0.1) is 0 Å². The molecule has 20 heavy (non-hydrogen) atoms. The summed E-state index contributed by atoms with van der Waals surface area (Å²) in [6.07, 6.45) is 3.82. The number of carbonyl (C=O) groups excluding carboxylic acids is 1. The first kappa shape index (κ1) is 14.9. The van der Waals surface area contributed by atoms with E-state index in [1.165, 1.54) is 12.3 Å². The number of rotatable bonds is 7. The molecule has 1 aromatic rings. The fourth-order valence-electron chi connectivity index (χ4n) is 1.62. The van der Waals surface area contributed by atoms with Crippen LogP contribution in [0.25, 0.3) is 0 Å². The van der Waals surface area contributed by atoms with E-state index in [1.807, 2.05) is 0 Å². The molecule has 0 spiro atoms. The Morgan fingerprint density at radius 1 is 1.45 bits per heavy atom. The molecule has 1 heterocycles. The molecule has 0 atom stereocenters. The van der Waals surface area contributed by atoms with Crippen LogP contribution in [0, 0.1) is 5.82 Å². The number of pyridine rings is 1. The summed E-state index contributed by atoms with van der Waals surface area (Å²) < 4.78 is 39.1. The van der Waals surface area contributed by atoms with Crippen molar-refractivity contribution in [3.8, 4) is 0 Å². The molecule has 0 aliphatic heterocycles. The lowest BCUT2D eigenvalue weighted by atomic mass is 10.3. The van der Waals surface area contributed by atoms with Crippen molar-refractivity contribution in [2.75, 3.05) is 6.54 Å². The smallest absolute Gasteiger partial charge is 0.261 e. The van der Waals surface area contributed by atoms with E-state index >= 15 is 0 Å². The van der Waals surface area contributed by atoms with Crippen molar-refractivity contribution >= 4 is 15.9 Å². The van der Waals surface area contributed by atoms with E-state index < -0.39 is 20.9 Å². The number of carbonyl (C=O) groups is 1. The second kappa shape index (κ2) is 6.27. The highest BCUT2D eigenvalue weighted by molar-refractivity contribution is 7.89. The zero-order chi connectivity index (χ0) is 14.6. The summed E-state index contributed by atoms with van der Waals surface area (Å²) in [4.78, 5) is 14.9. The lowest BCUT2D eigenvalue weighted by Crippen LogP contribution is -2.29. The van der Waals surface area contributed by atoms with Crippen LogP contribution in [0.4, 0.5) is 4.39 Å². The van der Waals surface area contributed by atoms with Crippen molar-refractivity contribution < 1.29 is 17.6 Å². The highest BCUT2D eigenvalue weighted by atomic mass is 32.2. The summed E-state index contributed by atoms with van der Waals surface area (Å²) in [5.74, 6) is -0.984. The Balaban J connectivity index is 1.78. The third kappa shape index (κ3) is 4.24. The predicted octanol–water partition coefficient (Wildman–Crippen LogP) is 0.558. The maximum Gasteiger partial charge on any atom is 0.261 e. The SMILES string of the molecule is O=C(CCCNS(=O)(=O)c1ncccc1F)NC1CC1. The molecule has 6 nitrogen and oxygen atoms in total. The van der Waals surface area contributed by atoms with Crippen molar-refractivity contribution in [1.82, 2.24) is 15.0 Å². The first-order valence-electron chi connectivity index (χ1n) is 6.38. The fourth-order valence-corrected chi connectivity index (χ4v) is 2.69. The second-order valence-corrected chi connectivity index (χ2v) is 6.32. The Kier molecular flexibility index (Phi) is 4.66. The van der Waals surface area contributed by atoms with Gasteiger partial charge in [0.1, 0.15) is 0 Å². The molecule has 2 N–H and O–H groups in total. The molecule has 1 aliphatic carbocycles. The summed E-state index contributed by atoms with van der Waals surface area (Å²) in [6, 6.07) is 2.64. The van der Waals surface area contributed by atoms with Gasteiger partial charge in [0.05, 0.1) is 0 Å². The van der Waals surface area contributed by atoms with E-state index in [-0.39, 0.29) is 18.9 Å². The van der Waals surface area contributed by atoms with E-state index in [0.717, 1.165) is 18.9 Å². The molecule has 2 rings (SSSR count). The summed E-state index contributed by atoms with van der Waals surface area (Å²) >= 11 is 0. The van der Waals surface area contributed by atoms with Crippen LogP contribution in [0.5, 0.6) is 0 Å². The molecule has 110 valence electrons. The highest BCUT2D eigenvalue weighted by Crippen LogP contribution is 2.18. The molecule has 0 bridgehead atoms. The van der Waals surface area contributed by atoms with Gasteiger partial charge in [-0.05, 0) is 31.4 Å². The maximum atomic E-state index is 13.3. The van der Waals surface area contributed by atoms with Crippen LogP contribution < -0.4 is 10.0 Å². The van der Waals surface area contributed by atoms with Gasteiger partial charge in [-0.3, -0.25) is 4.79 Å². The van der Waals surface area contributed by atoms with Gasteiger partial charge in [-0.2, -0.15) is 0 Å². The summed E-state index contributed by atoms with van der Waals surface area (Å²) in [5.41, 5.74) is 0. The third-order valence-corrected chi connectivity index (χ3v) is 4.19. The second-order valence-electron chi connectivity index (χ2n) is 4.63. The van der Waals surface area contributed by atoms with Crippen LogP contribution in [-0.2, 0) is 14.8 Å². The normalized spacial score (nSPS) is 15.1. The van der Waals surface area contributed by atoms with Gasteiger partial charge in [0.2, 0.25) is 10.9 Å². The number of amides is 1. The van der Waals surface area contributed by atoms with Crippen molar-refractivity contribution in [3.63, 3.8) is 0 Å². The predicted molar refractivity (Wildman–Crippen MR) is 69.8 cm³/mol. The van der Waals surface area contributed by atoms with Crippen LogP contribution in [0.1, 0.15) is 25.7 Å². The lowest BCUT2D eigenvalue weighted by molar-refractivity contribution is -0.121. The number of sulfonamides is 1. The van der Waals surface area contributed by atoms with E-state index in [0.29, 0.717) is 12.5 Å². The fraction of sp³-hybridized carbons (Fsp3) is 0.500. The number of halogens is 1. The van der Waals surface area contributed by atoms with Gasteiger partial charge in [-0.25, -0.2) is 22.5 Å². The van der Waals surface area contributed by atoms with Crippen molar-refractivity contribution in [3.05, 3.63) is 24.1 Å². The van der Waals surface area contributed by atoms with E-state index in [2.05, 4.69) is 15.0 Å². The molecule has 0 saturated heterocycles. The highest BCUT2D eigenvalue weighted by Gasteiger charge is 2.23. The molecular weight excluding hydrogens is 285 g/mol. The Morgan fingerprint density at radius 2 is 2.20 bits per heavy atom. The number of nitrogens with one attached hydrogen (secondary N) is 2. The monoisotopic (exact) mass is 301 g/mol. The van der Waals surface area contributed by atoms with Gasteiger partial charge in [0.25, 0.3) is 10.0 Å². The summed E-state index contributed by atoms with van der Waals surface area (Å²) in [7, 11) is -3.97. The summed E-state index contributed by atoms with van der Waals surface area (Å²) in [6.45, 7) is 0.0659. The number of hydrogen-bond donors (Lipinski definition) is 2.